The van der Waals surface area contributed by atoms with Gasteiger partial charge in [-0.1, -0.05) is 11.6 Å². The summed E-state index contributed by atoms with van der Waals surface area (Å²) in [5.41, 5.74) is 3.10. The molecule has 0 fully saturated rings. The number of aryl methyl sites for hydroxylation is 1. The van der Waals surface area contributed by atoms with Gasteiger partial charge in [0, 0.05) is 13.6 Å². The summed E-state index contributed by atoms with van der Waals surface area (Å²) in [5, 5.41) is 3.85. The summed E-state index contributed by atoms with van der Waals surface area (Å²) in [6.07, 6.45) is 1.78. The lowest BCUT2D eigenvalue weighted by Gasteiger charge is -2.03. The fourth-order valence-electron chi connectivity index (χ4n) is 1.60. The van der Waals surface area contributed by atoms with E-state index in [4.69, 9.17) is 11.6 Å². The first-order chi connectivity index (χ1) is 6.72. The average Bonchev–Trinajstić information content (AvgIpc) is 2.48. The van der Waals surface area contributed by atoms with E-state index in [1.54, 1.807) is 6.33 Å². The van der Waals surface area contributed by atoms with Gasteiger partial charge in [-0.3, -0.25) is 0 Å². The third-order valence-electron chi connectivity index (χ3n) is 2.21. The van der Waals surface area contributed by atoms with Crippen LogP contribution < -0.4 is 5.32 Å². The first kappa shape index (κ1) is 9.49. The molecular weight excluding hydrogens is 198 g/mol. The first-order valence-corrected chi connectivity index (χ1v) is 4.84. The molecule has 0 spiro atoms. The molecule has 0 unspecified atom stereocenters. The van der Waals surface area contributed by atoms with Crippen molar-refractivity contribution in [3.05, 3.63) is 29.0 Å². The van der Waals surface area contributed by atoms with Crippen molar-refractivity contribution in [2.24, 2.45) is 7.05 Å². The fraction of sp³-hybridized carbons (Fsp3) is 0.300. The van der Waals surface area contributed by atoms with E-state index in [9.17, 15) is 0 Å². The summed E-state index contributed by atoms with van der Waals surface area (Å²) in [4.78, 5) is 4.27. The van der Waals surface area contributed by atoms with E-state index in [0.29, 0.717) is 0 Å². The Bertz CT molecular complexity index is 462. The molecule has 0 aliphatic rings. The molecule has 14 heavy (non-hydrogen) atoms. The number of aromatic nitrogens is 2. The van der Waals surface area contributed by atoms with E-state index >= 15 is 0 Å². The van der Waals surface area contributed by atoms with Gasteiger partial charge >= 0.3 is 0 Å². The SMILES string of the molecule is CNCc1cc(Cl)c2c(c1)ncn2C. The molecule has 3 nitrogen and oxygen atoms in total. The molecule has 2 aromatic rings. The number of nitrogens with one attached hydrogen (secondary N) is 1. The highest BCUT2D eigenvalue weighted by Crippen LogP contribution is 2.23. The molecule has 0 saturated heterocycles. The van der Waals surface area contributed by atoms with Crippen LogP contribution in [-0.4, -0.2) is 16.6 Å². The second kappa shape index (κ2) is 3.59. The number of benzene rings is 1. The van der Waals surface area contributed by atoms with E-state index in [1.165, 1.54) is 0 Å². The minimum absolute atomic E-state index is 0.757. The molecule has 0 amide bonds. The van der Waals surface area contributed by atoms with Crippen molar-refractivity contribution in [2.45, 2.75) is 6.54 Å². The zero-order valence-corrected chi connectivity index (χ0v) is 8.97. The zero-order chi connectivity index (χ0) is 10.1. The third-order valence-corrected chi connectivity index (χ3v) is 2.49. The summed E-state index contributed by atoms with van der Waals surface area (Å²) < 4.78 is 1.93. The summed E-state index contributed by atoms with van der Waals surface area (Å²) >= 11 is 6.16. The largest absolute Gasteiger partial charge is 0.333 e. The fourth-order valence-corrected chi connectivity index (χ4v) is 1.97. The molecular formula is C10H12ClN3. The Morgan fingerprint density at radius 1 is 1.50 bits per heavy atom. The quantitative estimate of drug-likeness (QED) is 0.820. The molecule has 1 aromatic heterocycles. The van der Waals surface area contributed by atoms with Gasteiger partial charge < -0.3 is 9.88 Å². The van der Waals surface area contributed by atoms with Crippen molar-refractivity contribution in [1.29, 1.82) is 0 Å². The number of hydrogen-bond acceptors (Lipinski definition) is 2. The molecule has 0 aliphatic heterocycles. The highest BCUT2D eigenvalue weighted by molar-refractivity contribution is 6.35. The molecule has 0 bridgehead atoms. The first-order valence-electron chi connectivity index (χ1n) is 4.46. The highest BCUT2D eigenvalue weighted by Gasteiger charge is 2.06. The van der Waals surface area contributed by atoms with Gasteiger partial charge in [0.1, 0.15) is 0 Å². The predicted octanol–water partition coefficient (Wildman–Crippen LogP) is 1.95. The Morgan fingerprint density at radius 2 is 2.29 bits per heavy atom. The monoisotopic (exact) mass is 209 g/mol. The minimum atomic E-state index is 0.757. The Morgan fingerprint density at radius 3 is 3.00 bits per heavy atom. The minimum Gasteiger partial charge on any atom is -0.333 e. The Kier molecular flexibility index (Phi) is 2.44. The van der Waals surface area contributed by atoms with Crippen molar-refractivity contribution in [3.63, 3.8) is 0 Å². The molecule has 0 aliphatic carbocycles. The van der Waals surface area contributed by atoms with E-state index < -0.39 is 0 Å². The van der Waals surface area contributed by atoms with Crippen LogP contribution in [0.15, 0.2) is 18.5 Å². The van der Waals surface area contributed by atoms with Gasteiger partial charge in [-0.15, -0.1) is 0 Å². The molecule has 74 valence electrons. The van der Waals surface area contributed by atoms with Gasteiger partial charge in [-0.05, 0) is 24.7 Å². The molecule has 1 aromatic carbocycles. The highest BCUT2D eigenvalue weighted by atomic mass is 35.5. The number of halogens is 1. The zero-order valence-electron chi connectivity index (χ0n) is 8.21. The molecule has 1 heterocycles. The number of hydrogen-bond donors (Lipinski definition) is 1. The van der Waals surface area contributed by atoms with Crippen LogP contribution in [0.2, 0.25) is 5.02 Å². The van der Waals surface area contributed by atoms with Crippen LogP contribution in [0.4, 0.5) is 0 Å². The van der Waals surface area contributed by atoms with Crippen molar-refractivity contribution in [1.82, 2.24) is 14.9 Å². The van der Waals surface area contributed by atoms with Gasteiger partial charge in [0.25, 0.3) is 0 Å². The standard InChI is InChI=1S/C10H12ClN3/c1-12-5-7-3-8(11)10-9(4-7)13-6-14(10)2/h3-4,6,12H,5H2,1-2H3. The van der Waals surface area contributed by atoms with E-state index in [0.717, 1.165) is 28.2 Å². The maximum atomic E-state index is 6.16. The molecule has 4 heteroatoms. The van der Waals surface area contributed by atoms with Crippen molar-refractivity contribution >= 4 is 22.6 Å². The molecule has 0 saturated carbocycles. The third kappa shape index (κ3) is 1.49. The second-order valence-electron chi connectivity index (χ2n) is 3.33. The molecule has 0 atom stereocenters. The van der Waals surface area contributed by atoms with Gasteiger partial charge in [0.15, 0.2) is 0 Å². The predicted molar refractivity (Wildman–Crippen MR) is 58.5 cm³/mol. The number of nitrogens with zero attached hydrogens (tertiary/aromatic N) is 2. The molecule has 2 rings (SSSR count). The maximum absolute atomic E-state index is 6.16. The van der Waals surface area contributed by atoms with Gasteiger partial charge in [0.2, 0.25) is 0 Å². The van der Waals surface area contributed by atoms with Crippen LogP contribution in [0.25, 0.3) is 11.0 Å². The lowest BCUT2D eigenvalue weighted by atomic mass is 10.2. The van der Waals surface area contributed by atoms with E-state index in [1.807, 2.05) is 24.7 Å². The van der Waals surface area contributed by atoms with Crippen molar-refractivity contribution in [2.75, 3.05) is 7.05 Å². The van der Waals surface area contributed by atoms with Crippen LogP contribution in [0.3, 0.4) is 0 Å². The normalized spacial score (nSPS) is 11.1. The average molecular weight is 210 g/mol. The molecule has 0 radical (unpaired) electrons. The van der Waals surface area contributed by atoms with Crippen LogP contribution in [-0.2, 0) is 13.6 Å². The summed E-state index contributed by atoms with van der Waals surface area (Å²) in [7, 11) is 3.86. The summed E-state index contributed by atoms with van der Waals surface area (Å²) in [6, 6.07) is 4.03. The number of fused-ring (bicyclic) bond motifs is 1. The van der Waals surface area contributed by atoms with Crippen molar-refractivity contribution < 1.29 is 0 Å². The summed E-state index contributed by atoms with van der Waals surface area (Å²) in [6.45, 7) is 0.812. The topological polar surface area (TPSA) is 29.9 Å². The van der Waals surface area contributed by atoms with E-state index in [2.05, 4.69) is 16.4 Å². The van der Waals surface area contributed by atoms with Crippen molar-refractivity contribution in [3.8, 4) is 0 Å². The van der Waals surface area contributed by atoms with Gasteiger partial charge in [-0.25, -0.2) is 4.98 Å². The van der Waals surface area contributed by atoms with Crippen LogP contribution in [0.1, 0.15) is 5.56 Å². The lowest BCUT2D eigenvalue weighted by molar-refractivity contribution is 0.819. The van der Waals surface area contributed by atoms with Crippen LogP contribution in [0, 0.1) is 0 Å². The number of imidazole rings is 1. The van der Waals surface area contributed by atoms with E-state index in [-0.39, 0.29) is 0 Å². The Labute approximate surface area is 87.7 Å². The summed E-state index contributed by atoms with van der Waals surface area (Å²) in [5.74, 6) is 0. The maximum Gasteiger partial charge on any atom is 0.0956 e. The van der Waals surface area contributed by atoms with Gasteiger partial charge in [0.05, 0.1) is 22.4 Å². The second-order valence-corrected chi connectivity index (χ2v) is 3.74. The van der Waals surface area contributed by atoms with Crippen LogP contribution >= 0.6 is 11.6 Å². The molecule has 1 N–H and O–H groups in total. The lowest BCUT2D eigenvalue weighted by Crippen LogP contribution is -2.04. The number of rotatable bonds is 2. The van der Waals surface area contributed by atoms with Gasteiger partial charge in [-0.2, -0.15) is 0 Å². The Hall–Kier alpha value is -1.06. The smallest absolute Gasteiger partial charge is 0.0956 e. The Balaban J connectivity index is 2.62. The van der Waals surface area contributed by atoms with Crippen LogP contribution in [0.5, 0.6) is 0 Å².